The number of aliphatic hydroxyl groups excluding tert-OH is 3. The van der Waals surface area contributed by atoms with Gasteiger partial charge in [0.2, 0.25) is 0 Å². The summed E-state index contributed by atoms with van der Waals surface area (Å²) in [5.41, 5.74) is -2.22. The number of carbonyl (C=O) groups is 1. The van der Waals surface area contributed by atoms with Crippen molar-refractivity contribution in [2.75, 3.05) is 13.2 Å². The summed E-state index contributed by atoms with van der Waals surface area (Å²) >= 11 is 0. The number of fused-ring (bicyclic) bond motifs is 7. The molecule has 12 atom stereocenters. The van der Waals surface area contributed by atoms with Crippen molar-refractivity contribution in [1.82, 2.24) is 0 Å². The Labute approximate surface area is 215 Å². The highest BCUT2D eigenvalue weighted by Gasteiger charge is 2.83. The maximum atomic E-state index is 13.7. The third kappa shape index (κ3) is 2.29. The molecule has 0 amide bonds. The molecule has 7 rings (SSSR count). The number of esters is 1. The summed E-state index contributed by atoms with van der Waals surface area (Å²) < 4.78 is 12.8. The lowest BCUT2D eigenvalue weighted by Gasteiger charge is -2.74. The van der Waals surface area contributed by atoms with Gasteiger partial charge >= 0.3 is 5.97 Å². The summed E-state index contributed by atoms with van der Waals surface area (Å²) in [5, 5.41) is 33.6. The molecule has 0 radical (unpaired) electrons. The summed E-state index contributed by atoms with van der Waals surface area (Å²) in [6.45, 7) is 12.2. The van der Waals surface area contributed by atoms with Crippen molar-refractivity contribution in [3.05, 3.63) is 0 Å². The van der Waals surface area contributed by atoms with Gasteiger partial charge in [-0.25, -0.2) is 0 Å². The van der Waals surface area contributed by atoms with Crippen molar-refractivity contribution < 1.29 is 29.6 Å². The average molecular weight is 503 g/mol. The van der Waals surface area contributed by atoms with Crippen LogP contribution in [0.25, 0.3) is 0 Å². The van der Waals surface area contributed by atoms with E-state index in [1.807, 2.05) is 0 Å². The van der Waals surface area contributed by atoms with Crippen LogP contribution in [0.15, 0.2) is 0 Å². The molecule has 2 saturated heterocycles. The van der Waals surface area contributed by atoms with E-state index in [4.69, 9.17) is 9.47 Å². The quantitative estimate of drug-likeness (QED) is 0.472. The van der Waals surface area contributed by atoms with E-state index in [9.17, 15) is 20.1 Å². The van der Waals surface area contributed by atoms with Gasteiger partial charge in [-0.3, -0.25) is 4.79 Å². The Bertz CT molecular complexity index is 1010. The van der Waals surface area contributed by atoms with Gasteiger partial charge in [-0.2, -0.15) is 0 Å². The van der Waals surface area contributed by atoms with E-state index < -0.39 is 28.6 Å². The number of carbonyl (C=O) groups excluding carboxylic acids is 1. The fraction of sp³-hybridized carbons (Fsp3) is 0.967. The van der Waals surface area contributed by atoms with Crippen LogP contribution in [0.2, 0.25) is 0 Å². The van der Waals surface area contributed by atoms with E-state index in [-0.39, 0.29) is 52.2 Å². The van der Waals surface area contributed by atoms with Crippen molar-refractivity contribution in [3.8, 4) is 0 Å². The van der Waals surface area contributed by atoms with Crippen LogP contribution in [-0.2, 0) is 14.3 Å². The van der Waals surface area contributed by atoms with Crippen LogP contribution < -0.4 is 0 Å². The summed E-state index contributed by atoms with van der Waals surface area (Å²) in [7, 11) is 0. The fourth-order valence-electron chi connectivity index (χ4n) is 12.5. The minimum absolute atomic E-state index is 0.0361. The molecule has 6 nitrogen and oxygen atoms in total. The molecule has 36 heavy (non-hydrogen) atoms. The minimum Gasteiger partial charge on any atom is -0.458 e. The number of ether oxygens (including phenoxy) is 2. The lowest BCUT2D eigenvalue weighted by atomic mass is 9.30. The molecule has 7 fully saturated rings. The molecule has 5 aliphatic carbocycles. The Morgan fingerprint density at radius 3 is 2.33 bits per heavy atom. The number of hydrogen-bond acceptors (Lipinski definition) is 6. The Morgan fingerprint density at radius 2 is 1.61 bits per heavy atom. The summed E-state index contributed by atoms with van der Waals surface area (Å²) in [5.74, 6) is 0.492. The Morgan fingerprint density at radius 1 is 0.889 bits per heavy atom. The van der Waals surface area contributed by atoms with Crippen LogP contribution in [0, 0.1) is 50.2 Å². The number of hydrogen-bond donors (Lipinski definition) is 3. The third-order valence-electron chi connectivity index (χ3n) is 14.5. The van der Waals surface area contributed by atoms with Gasteiger partial charge in [-0.1, -0.05) is 34.6 Å². The molecule has 2 heterocycles. The second kappa shape index (κ2) is 6.71. The lowest BCUT2D eigenvalue weighted by Crippen LogP contribution is -2.74. The molecule has 5 saturated carbocycles. The Balaban J connectivity index is 1.35. The van der Waals surface area contributed by atoms with Gasteiger partial charge in [0, 0.05) is 16.7 Å². The first-order valence-electron chi connectivity index (χ1n) is 14.6. The molecule has 4 bridgehead atoms. The van der Waals surface area contributed by atoms with Gasteiger partial charge in [0.05, 0.1) is 31.5 Å². The zero-order valence-electron chi connectivity index (χ0n) is 22.8. The highest BCUT2D eigenvalue weighted by atomic mass is 16.6. The van der Waals surface area contributed by atoms with E-state index in [0.29, 0.717) is 18.9 Å². The van der Waals surface area contributed by atoms with Gasteiger partial charge < -0.3 is 24.8 Å². The Kier molecular flexibility index (Phi) is 4.54. The molecule has 2 aliphatic heterocycles. The van der Waals surface area contributed by atoms with Crippen molar-refractivity contribution in [2.24, 2.45) is 50.2 Å². The first kappa shape index (κ1) is 24.4. The van der Waals surface area contributed by atoms with Gasteiger partial charge in [-0.05, 0) is 85.9 Å². The van der Waals surface area contributed by atoms with Crippen molar-refractivity contribution in [2.45, 2.75) is 116 Å². The molecule has 0 aromatic carbocycles. The van der Waals surface area contributed by atoms with Gasteiger partial charge in [0.15, 0.2) is 0 Å². The molecule has 12 unspecified atom stereocenters. The minimum atomic E-state index is -0.734. The molecule has 3 N–H and O–H groups in total. The van der Waals surface area contributed by atoms with E-state index in [2.05, 4.69) is 34.6 Å². The zero-order valence-corrected chi connectivity index (χ0v) is 22.8. The maximum Gasteiger partial charge on any atom is 0.315 e. The molecular weight excluding hydrogens is 456 g/mol. The number of aliphatic hydroxyl groups is 3. The third-order valence-corrected chi connectivity index (χ3v) is 14.5. The normalized spacial score (nSPS) is 62.5. The van der Waals surface area contributed by atoms with Crippen LogP contribution in [0.4, 0.5) is 0 Å². The van der Waals surface area contributed by atoms with E-state index in [1.165, 1.54) is 0 Å². The predicted molar refractivity (Wildman–Crippen MR) is 133 cm³/mol. The summed E-state index contributed by atoms with van der Waals surface area (Å²) in [6, 6.07) is 0. The molecule has 0 aromatic rings. The lowest BCUT2D eigenvalue weighted by molar-refractivity contribution is -0.298. The molecule has 7 aliphatic rings. The molecule has 1 spiro atoms. The Hall–Kier alpha value is -0.690. The van der Waals surface area contributed by atoms with Crippen molar-refractivity contribution in [3.63, 3.8) is 0 Å². The van der Waals surface area contributed by atoms with E-state index in [1.54, 1.807) is 0 Å². The fourth-order valence-corrected chi connectivity index (χ4v) is 12.5. The SMILES string of the molecule is CC1(C)CCC23C(=O)OC4(CCC5C6(C)CC7OCC(CO)(C7O)C6CCC5(C)C4(C)CC2O)C3C1. The monoisotopic (exact) mass is 502 g/mol. The van der Waals surface area contributed by atoms with Crippen LogP contribution in [0.1, 0.15) is 92.4 Å². The predicted octanol–water partition coefficient (Wildman–Crippen LogP) is 3.84. The van der Waals surface area contributed by atoms with Gasteiger partial charge in [-0.15, -0.1) is 0 Å². The molecule has 202 valence electrons. The van der Waals surface area contributed by atoms with Crippen LogP contribution in [0.5, 0.6) is 0 Å². The largest absolute Gasteiger partial charge is 0.458 e. The summed E-state index contributed by atoms with van der Waals surface area (Å²) in [4.78, 5) is 13.7. The smallest absolute Gasteiger partial charge is 0.315 e. The van der Waals surface area contributed by atoms with Crippen LogP contribution in [0.3, 0.4) is 0 Å². The van der Waals surface area contributed by atoms with Crippen molar-refractivity contribution >= 4 is 5.97 Å². The molecule has 0 aromatic heterocycles. The molecular formula is C30H46O6. The summed E-state index contributed by atoms with van der Waals surface area (Å²) in [6.07, 6.45) is 6.29. The van der Waals surface area contributed by atoms with E-state index >= 15 is 0 Å². The van der Waals surface area contributed by atoms with Gasteiger partial charge in [0.25, 0.3) is 0 Å². The molecule has 6 heteroatoms. The van der Waals surface area contributed by atoms with Crippen LogP contribution in [-0.4, -0.2) is 58.4 Å². The van der Waals surface area contributed by atoms with Crippen LogP contribution >= 0.6 is 0 Å². The zero-order chi connectivity index (χ0) is 25.7. The first-order valence-corrected chi connectivity index (χ1v) is 14.6. The standard InChI is InChI=1S/C30H46O6/c1-24(2)10-11-29-20(13-24)30(36-23(29)34)9-7-18-25(3)12-17-22(33)28(15-31,16-35-17)19(25)6-8-26(18,4)27(30,5)14-21(29)32/h17-22,31-33H,6-16H2,1-5H3. The highest BCUT2D eigenvalue weighted by molar-refractivity contribution is 5.82. The highest BCUT2D eigenvalue weighted by Crippen LogP contribution is 2.81. The second-order valence-corrected chi connectivity index (χ2v) is 15.8. The second-order valence-electron chi connectivity index (χ2n) is 15.8. The number of rotatable bonds is 1. The first-order chi connectivity index (χ1) is 16.8. The van der Waals surface area contributed by atoms with Gasteiger partial charge in [0.1, 0.15) is 11.0 Å². The van der Waals surface area contributed by atoms with Crippen molar-refractivity contribution in [1.29, 1.82) is 0 Å². The topological polar surface area (TPSA) is 96.2 Å². The average Bonchev–Trinajstić information content (AvgIpc) is 3.15. The van der Waals surface area contributed by atoms with E-state index in [0.717, 1.165) is 51.4 Å². The maximum absolute atomic E-state index is 13.7.